The van der Waals surface area contributed by atoms with Gasteiger partial charge in [-0.15, -0.1) is 0 Å². The maximum Gasteiger partial charge on any atom is 0.319 e. The number of carbonyl (C=O) groups is 1. The van der Waals surface area contributed by atoms with E-state index in [1.54, 1.807) is 0 Å². The number of aryl methyl sites for hydroxylation is 1. The van der Waals surface area contributed by atoms with Gasteiger partial charge in [-0.25, -0.2) is 4.79 Å². The molecule has 0 aliphatic rings. The molecular weight excluding hydrogens is 290 g/mol. The highest BCUT2D eigenvalue weighted by Gasteiger charge is 2.26. The fourth-order valence-corrected chi connectivity index (χ4v) is 2.68. The molecular formula is C18H31N3O2. The molecule has 5 nitrogen and oxygen atoms in total. The van der Waals surface area contributed by atoms with Crippen molar-refractivity contribution < 1.29 is 9.90 Å². The zero-order valence-electron chi connectivity index (χ0n) is 15.1. The number of anilines is 2. The van der Waals surface area contributed by atoms with Crippen molar-refractivity contribution in [3.63, 3.8) is 0 Å². The normalized spacial score (nSPS) is 11.2. The molecule has 0 aliphatic heterocycles. The molecule has 3 N–H and O–H groups in total. The van der Waals surface area contributed by atoms with Gasteiger partial charge in [-0.2, -0.15) is 0 Å². The van der Waals surface area contributed by atoms with E-state index in [0.29, 0.717) is 13.0 Å². The number of benzene rings is 1. The maximum atomic E-state index is 12.2. The molecule has 23 heavy (non-hydrogen) atoms. The molecule has 0 saturated carbocycles. The Morgan fingerprint density at radius 2 is 1.91 bits per heavy atom. The van der Waals surface area contributed by atoms with Crippen LogP contribution < -0.4 is 15.5 Å². The lowest BCUT2D eigenvalue weighted by molar-refractivity contribution is 0.165. The summed E-state index contributed by atoms with van der Waals surface area (Å²) in [4.78, 5) is 14.2. The zero-order valence-corrected chi connectivity index (χ0v) is 15.1. The topological polar surface area (TPSA) is 64.6 Å². The standard InChI is InChI=1S/C18H31N3O2/c1-6-18(7-2,10-11-22)13-19-17(23)20-16-9-8-15(21(4)5)12-14(16)3/h8-9,12,22H,6-7,10-11,13H2,1-5H3,(H2,19,20,23). The molecule has 0 atom stereocenters. The van der Waals surface area contributed by atoms with E-state index >= 15 is 0 Å². The van der Waals surface area contributed by atoms with Crippen molar-refractivity contribution in [3.8, 4) is 0 Å². The molecule has 1 aromatic carbocycles. The highest BCUT2D eigenvalue weighted by molar-refractivity contribution is 5.90. The second kappa shape index (κ2) is 8.77. The summed E-state index contributed by atoms with van der Waals surface area (Å²) in [6, 6.07) is 5.75. The van der Waals surface area contributed by atoms with E-state index in [9.17, 15) is 9.90 Å². The van der Waals surface area contributed by atoms with Crippen LogP contribution in [0.4, 0.5) is 16.2 Å². The molecule has 2 amide bonds. The van der Waals surface area contributed by atoms with Crippen LogP contribution in [0, 0.1) is 12.3 Å². The van der Waals surface area contributed by atoms with Gasteiger partial charge in [0, 0.05) is 38.6 Å². The molecule has 130 valence electrons. The van der Waals surface area contributed by atoms with E-state index in [4.69, 9.17) is 0 Å². The van der Waals surface area contributed by atoms with Gasteiger partial charge in [-0.3, -0.25) is 0 Å². The van der Waals surface area contributed by atoms with Crippen molar-refractivity contribution in [3.05, 3.63) is 23.8 Å². The van der Waals surface area contributed by atoms with Gasteiger partial charge < -0.3 is 20.6 Å². The van der Waals surface area contributed by atoms with Crippen molar-refractivity contribution in [2.45, 2.75) is 40.0 Å². The smallest absolute Gasteiger partial charge is 0.319 e. The minimum absolute atomic E-state index is 0.0318. The third-order valence-electron chi connectivity index (χ3n) is 4.74. The van der Waals surface area contributed by atoms with Crippen LogP contribution in [0.25, 0.3) is 0 Å². The van der Waals surface area contributed by atoms with Gasteiger partial charge >= 0.3 is 6.03 Å². The minimum atomic E-state index is -0.199. The number of hydrogen-bond acceptors (Lipinski definition) is 3. The summed E-state index contributed by atoms with van der Waals surface area (Å²) in [5, 5.41) is 15.1. The van der Waals surface area contributed by atoms with E-state index in [0.717, 1.165) is 29.8 Å². The number of nitrogens with zero attached hydrogens (tertiary/aromatic N) is 1. The monoisotopic (exact) mass is 321 g/mol. The summed E-state index contributed by atoms with van der Waals surface area (Å²) in [6.07, 6.45) is 2.57. The van der Waals surface area contributed by atoms with Crippen molar-refractivity contribution >= 4 is 17.4 Å². The van der Waals surface area contributed by atoms with Crippen molar-refractivity contribution in [1.82, 2.24) is 5.32 Å². The Morgan fingerprint density at radius 3 is 2.39 bits per heavy atom. The summed E-state index contributed by atoms with van der Waals surface area (Å²) >= 11 is 0. The molecule has 0 fully saturated rings. The second-order valence-electron chi connectivity index (χ2n) is 6.38. The second-order valence-corrected chi connectivity index (χ2v) is 6.38. The number of aliphatic hydroxyl groups is 1. The van der Waals surface area contributed by atoms with Gasteiger partial charge in [0.05, 0.1) is 0 Å². The maximum absolute atomic E-state index is 12.2. The van der Waals surface area contributed by atoms with Crippen molar-refractivity contribution in [1.29, 1.82) is 0 Å². The summed E-state index contributed by atoms with van der Waals surface area (Å²) in [6.45, 7) is 6.90. The van der Waals surface area contributed by atoms with Gasteiger partial charge in [0.25, 0.3) is 0 Å². The first-order valence-corrected chi connectivity index (χ1v) is 8.31. The predicted molar refractivity (Wildman–Crippen MR) is 97.2 cm³/mol. The zero-order chi connectivity index (χ0) is 17.5. The van der Waals surface area contributed by atoms with E-state index in [-0.39, 0.29) is 18.1 Å². The number of rotatable bonds is 8. The largest absolute Gasteiger partial charge is 0.396 e. The van der Waals surface area contributed by atoms with Gasteiger partial charge in [-0.05, 0) is 55.4 Å². The Balaban J connectivity index is 2.66. The average molecular weight is 321 g/mol. The summed E-state index contributed by atoms with van der Waals surface area (Å²) in [7, 11) is 3.98. The van der Waals surface area contributed by atoms with E-state index < -0.39 is 0 Å². The number of hydrogen-bond donors (Lipinski definition) is 3. The fraction of sp³-hybridized carbons (Fsp3) is 0.611. The van der Waals surface area contributed by atoms with Gasteiger partial charge in [0.2, 0.25) is 0 Å². The fourth-order valence-electron chi connectivity index (χ4n) is 2.68. The third-order valence-corrected chi connectivity index (χ3v) is 4.74. The molecule has 0 heterocycles. The first-order valence-electron chi connectivity index (χ1n) is 8.31. The van der Waals surface area contributed by atoms with E-state index in [1.807, 2.05) is 44.1 Å². The quantitative estimate of drug-likeness (QED) is 0.688. The number of amides is 2. The molecule has 0 aromatic heterocycles. The summed E-state index contributed by atoms with van der Waals surface area (Å²) < 4.78 is 0. The van der Waals surface area contributed by atoms with Gasteiger partial charge in [0.1, 0.15) is 0 Å². The SMILES string of the molecule is CCC(CC)(CCO)CNC(=O)Nc1ccc(N(C)C)cc1C. The van der Waals surface area contributed by atoms with E-state index in [1.165, 1.54) is 0 Å². The number of carbonyl (C=O) groups excluding carboxylic acids is 1. The average Bonchev–Trinajstić information content (AvgIpc) is 2.53. The van der Waals surface area contributed by atoms with Crippen LogP contribution in [0.1, 0.15) is 38.7 Å². The molecule has 0 radical (unpaired) electrons. The number of nitrogens with one attached hydrogen (secondary N) is 2. The lowest BCUT2D eigenvalue weighted by Gasteiger charge is -2.31. The molecule has 0 aliphatic carbocycles. The van der Waals surface area contributed by atoms with Crippen LogP contribution in [0.2, 0.25) is 0 Å². The van der Waals surface area contributed by atoms with Crippen molar-refractivity contribution in [2.24, 2.45) is 5.41 Å². The lowest BCUT2D eigenvalue weighted by atomic mass is 9.79. The molecule has 0 unspecified atom stereocenters. The highest BCUT2D eigenvalue weighted by Crippen LogP contribution is 2.29. The summed E-state index contributed by atoms with van der Waals surface area (Å²) in [5.41, 5.74) is 2.91. The highest BCUT2D eigenvalue weighted by atomic mass is 16.3. The van der Waals surface area contributed by atoms with Crippen LogP contribution >= 0.6 is 0 Å². The molecule has 1 rings (SSSR count). The predicted octanol–water partition coefficient (Wildman–Crippen LogP) is 3.37. The van der Waals surface area contributed by atoms with Crippen LogP contribution in [0.5, 0.6) is 0 Å². The first kappa shape index (κ1) is 19.3. The third kappa shape index (κ3) is 5.43. The molecule has 0 bridgehead atoms. The Bertz CT molecular complexity index is 511. The van der Waals surface area contributed by atoms with Crippen LogP contribution in [-0.2, 0) is 0 Å². The van der Waals surface area contributed by atoms with E-state index in [2.05, 4.69) is 24.5 Å². The van der Waals surface area contributed by atoms with Gasteiger partial charge in [0.15, 0.2) is 0 Å². The Kier molecular flexibility index (Phi) is 7.36. The van der Waals surface area contributed by atoms with Crippen LogP contribution in [0.15, 0.2) is 18.2 Å². The van der Waals surface area contributed by atoms with Gasteiger partial charge in [-0.1, -0.05) is 13.8 Å². The Labute approximate surface area is 140 Å². The number of aliphatic hydroxyl groups excluding tert-OH is 1. The molecule has 0 spiro atoms. The molecule has 1 aromatic rings. The van der Waals surface area contributed by atoms with Crippen molar-refractivity contribution in [2.75, 3.05) is 37.5 Å². The first-order chi connectivity index (χ1) is 10.9. The Morgan fingerprint density at radius 1 is 1.26 bits per heavy atom. The minimum Gasteiger partial charge on any atom is -0.396 e. The number of urea groups is 1. The van der Waals surface area contributed by atoms with Crippen LogP contribution in [0.3, 0.4) is 0 Å². The Hall–Kier alpha value is -1.75. The molecule has 0 saturated heterocycles. The lowest BCUT2D eigenvalue weighted by Crippen LogP contribution is -2.39. The summed E-state index contributed by atoms with van der Waals surface area (Å²) in [5.74, 6) is 0. The molecule has 5 heteroatoms. The van der Waals surface area contributed by atoms with Crippen LogP contribution in [-0.4, -0.2) is 38.4 Å².